The van der Waals surface area contributed by atoms with E-state index in [2.05, 4.69) is 74.6 Å². The topological polar surface area (TPSA) is 55.8 Å². The number of allylic oxidation sites excluding steroid dienone is 10. The maximum atomic E-state index is 12.0. The van der Waals surface area contributed by atoms with E-state index < -0.39 is 6.10 Å². The first kappa shape index (κ1) is 39.1. The van der Waals surface area contributed by atoms with Crippen LogP contribution in [0.4, 0.5) is 0 Å². The Bertz CT molecular complexity index is 689. The average Bonchev–Trinajstić information content (AvgIpc) is 2.98. The first-order valence-electron chi connectivity index (χ1n) is 16.9. The second-order valence-corrected chi connectivity index (χ2v) is 10.9. The number of rotatable bonds is 30. The number of esters is 1. The van der Waals surface area contributed by atoms with Gasteiger partial charge in [0.2, 0.25) is 0 Å². The second-order valence-electron chi connectivity index (χ2n) is 10.9. The summed E-state index contributed by atoms with van der Waals surface area (Å²) in [5.41, 5.74) is 0. The monoisotopic (exact) mass is 572 g/mol. The van der Waals surface area contributed by atoms with E-state index in [-0.39, 0.29) is 19.2 Å². The molecule has 1 N–H and O–H groups in total. The van der Waals surface area contributed by atoms with E-state index in [1.807, 2.05) is 0 Å². The lowest BCUT2D eigenvalue weighted by Gasteiger charge is -2.15. The van der Waals surface area contributed by atoms with Gasteiger partial charge in [-0.05, 0) is 57.8 Å². The highest BCUT2D eigenvalue weighted by Gasteiger charge is 2.13. The summed E-state index contributed by atoms with van der Waals surface area (Å²) in [4.78, 5) is 12.0. The summed E-state index contributed by atoms with van der Waals surface area (Å²) >= 11 is 0. The summed E-state index contributed by atoms with van der Waals surface area (Å²) in [6.07, 6.45) is 44.1. The van der Waals surface area contributed by atoms with E-state index in [1.165, 1.54) is 57.8 Å². The van der Waals surface area contributed by atoms with Crippen molar-refractivity contribution in [2.75, 3.05) is 19.8 Å². The van der Waals surface area contributed by atoms with Crippen LogP contribution in [0.5, 0.6) is 0 Å². The molecule has 0 amide bonds. The predicted molar refractivity (Wildman–Crippen MR) is 177 cm³/mol. The van der Waals surface area contributed by atoms with Gasteiger partial charge in [-0.15, -0.1) is 0 Å². The Kier molecular flexibility index (Phi) is 32.7. The van der Waals surface area contributed by atoms with E-state index in [0.29, 0.717) is 13.0 Å². The number of hydrogen-bond donors (Lipinski definition) is 1. The van der Waals surface area contributed by atoms with Gasteiger partial charge in [-0.1, -0.05) is 139 Å². The Hall–Kier alpha value is -1.91. The van der Waals surface area contributed by atoms with Crippen LogP contribution < -0.4 is 0 Å². The van der Waals surface area contributed by atoms with Gasteiger partial charge in [0.15, 0.2) is 0 Å². The minimum atomic E-state index is -0.539. The standard InChI is InChI=1S/C37H64O4/c1-3-5-7-9-11-12-13-14-15-16-17-18-19-20-21-22-23-24-25-27-29-31-33-40-35-36(34-38)41-37(39)32-30-28-26-10-8-6-4-2/h5,7,11-12,14-15,17-18,20-21,36,38H,3-4,6,8-10,13,16,19,22-35H2,1-2H3/b7-5-,12-11-,15-14-,18-17-,21-20-. The summed E-state index contributed by atoms with van der Waals surface area (Å²) in [6, 6.07) is 0. The lowest BCUT2D eigenvalue weighted by Crippen LogP contribution is -2.27. The van der Waals surface area contributed by atoms with E-state index >= 15 is 0 Å². The van der Waals surface area contributed by atoms with Crippen LogP contribution in [0.2, 0.25) is 0 Å². The number of aliphatic hydroxyl groups is 1. The number of aliphatic hydroxyl groups excluding tert-OH is 1. The van der Waals surface area contributed by atoms with Gasteiger partial charge >= 0.3 is 5.97 Å². The van der Waals surface area contributed by atoms with E-state index in [4.69, 9.17) is 9.47 Å². The molecule has 41 heavy (non-hydrogen) atoms. The molecule has 0 rings (SSSR count). The third kappa shape index (κ3) is 32.5. The number of unbranched alkanes of at least 4 members (excludes halogenated alkanes) is 12. The molecule has 1 unspecified atom stereocenters. The molecule has 0 aliphatic rings. The van der Waals surface area contributed by atoms with Crippen LogP contribution in [0.25, 0.3) is 0 Å². The van der Waals surface area contributed by atoms with Gasteiger partial charge in [0.25, 0.3) is 0 Å². The van der Waals surface area contributed by atoms with Crippen molar-refractivity contribution in [3.63, 3.8) is 0 Å². The maximum absolute atomic E-state index is 12.0. The molecular formula is C37H64O4. The zero-order valence-electron chi connectivity index (χ0n) is 26.8. The zero-order chi connectivity index (χ0) is 29.9. The third-order valence-corrected chi connectivity index (χ3v) is 6.86. The van der Waals surface area contributed by atoms with Crippen LogP contribution in [-0.4, -0.2) is 37.0 Å². The highest BCUT2D eigenvalue weighted by Crippen LogP contribution is 2.10. The van der Waals surface area contributed by atoms with Gasteiger partial charge < -0.3 is 14.6 Å². The molecule has 0 aliphatic carbocycles. The molecule has 0 aliphatic heterocycles. The van der Waals surface area contributed by atoms with Crippen molar-refractivity contribution in [1.29, 1.82) is 0 Å². The van der Waals surface area contributed by atoms with Crippen molar-refractivity contribution in [2.45, 2.75) is 148 Å². The lowest BCUT2D eigenvalue weighted by molar-refractivity contribution is -0.154. The van der Waals surface area contributed by atoms with Gasteiger partial charge in [0, 0.05) is 13.0 Å². The predicted octanol–water partition coefficient (Wildman–Crippen LogP) is 10.5. The van der Waals surface area contributed by atoms with E-state index in [0.717, 1.165) is 64.2 Å². The first-order valence-corrected chi connectivity index (χ1v) is 16.9. The number of hydrogen-bond acceptors (Lipinski definition) is 4. The van der Waals surface area contributed by atoms with Crippen molar-refractivity contribution in [1.82, 2.24) is 0 Å². The number of carbonyl (C=O) groups excluding carboxylic acids is 1. The van der Waals surface area contributed by atoms with Gasteiger partial charge in [0.05, 0.1) is 13.2 Å². The van der Waals surface area contributed by atoms with Gasteiger partial charge in [-0.2, -0.15) is 0 Å². The summed E-state index contributed by atoms with van der Waals surface area (Å²) in [5.74, 6) is -0.217. The Balaban J connectivity index is 3.50. The fourth-order valence-electron chi connectivity index (χ4n) is 4.35. The Morgan fingerprint density at radius 1 is 0.610 bits per heavy atom. The Morgan fingerprint density at radius 2 is 1.10 bits per heavy atom. The quantitative estimate of drug-likeness (QED) is 0.0528. The molecule has 4 heteroatoms. The van der Waals surface area contributed by atoms with E-state index in [1.54, 1.807) is 0 Å². The highest BCUT2D eigenvalue weighted by molar-refractivity contribution is 5.69. The smallest absolute Gasteiger partial charge is 0.306 e. The van der Waals surface area contributed by atoms with Crippen LogP contribution in [0.15, 0.2) is 60.8 Å². The molecule has 0 fully saturated rings. The molecule has 0 spiro atoms. The Labute approximate surface area is 254 Å². The highest BCUT2D eigenvalue weighted by atomic mass is 16.6. The van der Waals surface area contributed by atoms with Crippen molar-refractivity contribution in [3.8, 4) is 0 Å². The third-order valence-electron chi connectivity index (χ3n) is 6.86. The maximum Gasteiger partial charge on any atom is 0.306 e. The molecule has 0 radical (unpaired) electrons. The molecule has 236 valence electrons. The van der Waals surface area contributed by atoms with Crippen LogP contribution in [-0.2, 0) is 14.3 Å². The zero-order valence-corrected chi connectivity index (χ0v) is 26.8. The minimum absolute atomic E-state index is 0.180. The van der Waals surface area contributed by atoms with Crippen LogP contribution in [0, 0.1) is 0 Å². The van der Waals surface area contributed by atoms with Crippen LogP contribution >= 0.6 is 0 Å². The van der Waals surface area contributed by atoms with Crippen molar-refractivity contribution in [3.05, 3.63) is 60.8 Å². The number of carbonyl (C=O) groups is 1. The molecule has 0 aromatic carbocycles. The summed E-state index contributed by atoms with van der Waals surface area (Å²) in [6.45, 7) is 5.14. The van der Waals surface area contributed by atoms with Gasteiger partial charge in [-0.25, -0.2) is 0 Å². The van der Waals surface area contributed by atoms with Crippen molar-refractivity contribution < 1.29 is 19.4 Å². The normalized spacial score (nSPS) is 13.1. The lowest BCUT2D eigenvalue weighted by atomic mass is 10.1. The molecule has 0 saturated carbocycles. The van der Waals surface area contributed by atoms with Gasteiger partial charge in [0.1, 0.15) is 6.10 Å². The molecular weight excluding hydrogens is 508 g/mol. The molecule has 0 saturated heterocycles. The largest absolute Gasteiger partial charge is 0.457 e. The SMILES string of the molecule is CC/C=C\C/C=C\C/C=C\C/C=C\C/C=C\CCCCCCCCOCC(CO)OC(=O)CCCCCCCCC. The first-order chi connectivity index (χ1) is 20.2. The average molecular weight is 573 g/mol. The molecule has 0 aromatic heterocycles. The minimum Gasteiger partial charge on any atom is -0.457 e. The summed E-state index contributed by atoms with van der Waals surface area (Å²) in [7, 11) is 0. The number of ether oxygens (including phenoxy) is 2. The summed E-state index contributed by atoms with van der Waals surface area (Å²) in [5, 5.41) is 9.48. The fourth-order valence-corrected chi connectivity index (χ4v) is 4.35. The molecule has 0 aromatic rings. The molecule has 4 nitrogen and oxygen atoms in total. The van der Waals surface area contributed by atoms with Crippen LogP contribution in [0.1, 0.15) is 142 Å². The van der Waals surface area contributed by atoms with Crippen LogP contribution in [0.3, 0.4) is 0 Å². The second kappa shape index (κ2) is 34.3. The van der Waals surface area contributed by atoms with E-state index in [9.17, 15) is 9.90 Å². The Morgan fingerprint density at radius 3 is 1.66 bits per heavy atom. The van der Waals surface area contributed by atoms with Crippen molar-refractivity contribution in [2.24, 2.45) is 0 Å². The molecule has 0 bridgehead atoms. The fraction of sp³-hybridized carbons (Fsp3) is 0.703. The molecule has 0 heterocycles. The summed E-state index contributed by atoms with van der Waals surface area (Å²) < 4.78 is 11.0. The molecule has 1 atom stereocenters. The van der Waals surface area contributed by atoms with Crippen molar-refractivity contribution >= 4 is 5.97 Å². The van der Waals surface area contributed by atoms with Gasteiger partial charge in [-0.3, -0.25) is 4.79 Å².